The van der Waals surface area contributed by atoms with Crippen LogP contribution in [0.1, 0.15) is 34.1 Å². The van der Waals surface area contributed by atoms with E-state index in [0.717, 1.165) is 25.3 Å². The van der Waals surface area contributed by atoms with Crippen LogP contribution in [0, 0.1) is 0 Å². The van der Waals surface area contributed by atoms with Gasteiger partial charge in [-0.3, -0.25) is 4.90 Å². The first-order valence-corrected chi connectivity index (χ1v) is 9.83. The Labute approximate surface area is 146 Å². The third-order valence-corrected chi connectivity index (χ3v) is 5.43. The second-order valence-corrected chi connectivity index (χ2v) is 8.09. The van der Waals surface area contributed by atoms with Crippen molar-refractivity contribution in [2.75, 3.05) is 58.5 Å². The molecule has 1 aliphatic heterocycles. The van der Waals surface area contributed by atoms with Crippen LogP contribution < -0.4 is 0 Å². The van der Waals surface area contributed by atoms with Gasteiger partial charge in [-0.05, 0) is 18.6 Å². The minimum atomic E-state index is -0.706. The van der Waals surface area contributed by atoms with Gasteiger partial charge in [0, 0.05) is 24.9 Å². The Kier molecular flexibility index (Phi) is 10.7. The van der Waals surface area contributed by atoms with Gasteiger partial charge in [0.1, 0.15) is 0 Å². The molecule has 0 aromatic carbocycles. The molecule has 5 nitrogen and oxygen atoms in total. The lowest BCUT2D eigenvalue weighted by atomic mass is 9.93. The van der Waals surface area contributed by atoms with Gasteiger partial charge >= 0.3 is 0 Å². The van der Waals surface area contributed by atoms with Crippen molar-refractivity contribution in [1.29, 1.82) is 0 Å². The van der Waals surface area contributed by atoms with Crippen LogP contribution >= 0.6 is 11.8 Å². The van der Waals surface area contributed by atoms with Gasteiger partial charge in [-0.1, -0.05) is 20.8 Å². The van der Waals surface area contributed by atoms with Gasteiger partial charge < -0.3 is 19.3 Å². The molecule has 1 saturated heterocycles. The molecule has 0 amide bonds. The molecule has 138 valence electrons. The third kappa shape index (κ3) is 8.70. The van der Waals surface area contributed by atoms with Crippen molar-refractivity contribution in [3.05, 3.63) is 0 Å². The molecular weight excluding hydrogens is 314 g/mol. The van der Waals surface area contributed by atoms with Crippen molar-refractivity contribution < 1.29 is 19.3 Å². The molecule has 0 bridgehead atoms. The molecule has 6 heteroatoms. The first-order valence-electron chi connectivity index (χ1n) is 8.78. The quantitative estimate of drug-likeness (QED) is 0.792. The number of ether oxygens (including phenoxy) is 3. The monoisotopic (exact) mass is 349 g/mol. The summed E-state index contributed by atoms with van der Waals surface area (Å²) in [6.07, 6.45) is 0.738. The first kappa shape index (κ1) is 21.2. The maximum Gasteiger partial charge on any atom is 0.0779 e. The van der Waals surface area contributed by atoms with Crippen molar-refractivity contribution in [2.45, 2.75) is 51.0 Å². The Morgan fingerprint density at radius 3 is 1.91 bits per heavy atom. The van der Waals surface area contributed by atoms with E-state index in [1.54, 1.807) is 0 Å². The van der Waals surface area contributed by atoms with E-state index in [0.29, 0.717) is 44.9 Å². The largest absolute Gasteiger partial charge is 0.389 e. The van der Waals surface area contributed by atoms with Crippen LogP contribution in [0.15, 0.2) is 0 Å². The molecule has 0 radical (unpaired) electrons. The predicted molar refractivity (Wildman–Crippen MR) is 96.3 cm³/mol. The van der Waals surface area contributed by atoms with E-state index in [1.165, 1.54) is 0 Å². The number of hydrogen-bond acceptors (Lipinski definition) is 6. The molecule has 1 rings (SSSR count). The lowest BCUT2D eigenvalue weighted by molar-refractivity contribution is -0.0544. The first-order chi connectivity index (χ1) is 11.0. The number of aliphatic hydroxyl groups is 1. The normalized spacial score (nSPS) is 23.7. The maximum atomic E-state index is 10.9. The van der Waals surface area contributed by atoms with Gasteiger partial charge in [0.15, 0.2) is 0 Å². The van der Waals surface area contributed by atoms with E-state index in [-0.39, 0.29) is 6.04 Å². The summed E-state index contributed by atoms with van der Waals surface area (Å²) in [7, 11) is 0. The van der Waals surface area contributed by atoms with Gasteiger partial charge in [-0.2, -0.15) is 11.8 Å². The maximum absolute atomic E-state index is 10.9. The molecule has 1 N–H and O–H groups in total. The van der Waals surface area contributed by atoms with Crippen molar-refractivity contribution in [3.63, 3.8) is 0 Å². The van der Waals surface area contributed by atoms with Crippen LogP contribution in [0.4, 0.5) is 0 Å². The van der Waals surface area contributed by atoms with Gasteiger partial charge in [0.2, 0.25) is 0 Å². The number of thioether (sulfide) groups is 1. The van der Waals surface area contributed by atoms with Gasteiger partial charge in [0.25, 0.3) is 0 Å². The fourth-order valence-corrected chi connectivity index (χ4v) is 3.66. The second-order valence-electron chi connectivity index (χ2n) is 6.48. The highest BCUT2D eigenvalue weighted by Crippen LogP contribution is 2.25. The highest BCUT2D eigenvalue weighted by Gasteiger charge is 2.34. The van der Waals surface area contributed by atoms with E-state index in [2.05, 4.69) is 18.7 Å². The Bertz CT molecular complexity index is 290. The topological polar surface area (TPSA) is 51.2 Å². The summed E-state index contributed by atoms with van der Waals surface area (Å²) in [5, 5.41) is 11.4. The van der Waals surface area contributed by atoms with E-state index in [4.69, 9.17) is 14.2 Å². The lowest BCUT2D eigenvalue weighted by Crippen LogP contribution is -2.54. The summed E-state index contributed by atoms with van der Waals surface area (Å²) in [5.41, 5.74) is -0.706. The molecule has 1 aliphatic rings. The number of rotatable bonds is 6. The van der Waals surface area contributed by atoms with Crippen LogP contribution in [0.5, 0.6) is 0 Å². The highest BCUT2D eigenvalue weighted by molar-refractivity contribution is 7.99. The van der Waals surface area contributed by atoms with Crippen LogP contribution in [-0.2, 0) is 14.2 Å². The third-order valence-electron chi connectivity index (χ3n) is 4.25. The lowest BCUT2D eigenvalue weighted by Gasteiger charge is -2.41. The van der Waals surface area contributed by atoms with Crippen LogP contribution in [0.25, 0.3) is 0 Å². The van der Waals surface area contributed by atoms with Crippen LogP contribution in [0.2, 0.25) is 0 Å². The SMILES string of the molecule is CCC(C)(O)[C@H](CSC(C)C)N1CCOCCOCCOCC1. The minimum Gasteiger partial charge on any atom is -0.389 e. The zero-order valence-electron chi connectivity index (χ0n) is 15.3. The standard InChI is InChI=1S/C17H35NO4S/c1-5-17(4,19)16(14-23-15(2)3)18-6-8-20-10-12-22-13-11-21-9-7-18/h15-16,19H,5-14H2,1-4H3/t16-,17?/m0/s1. The molecule has 0 aromatic rings. The Morgan fingerprint density at radius 1 is 1.00 bits per heavy atom. The second kappa shape index (κ2) is 11.7. The molecule has 1 unspecified atom stereocenters. The Hall–Kier alpha value is 0.150. The molecule has 0 spiro atoms. The van der Waals surface area contributed by atoms with Crippen molar-refractivity contribution >= 4 is 11.8 Å². The summed E-state index contributed by atoms with van der Waals surface area (Å²) in [6.45, 7) is 13.8. The van der Waals surface area contributed by atoms with Crippen molar-refractivity contribution in [1.82, 2.24) is 4.90 Å². The summed E-state index contributed by atoms with van der Waals surface area (Å²) >= 11 is 1.90. The smallest absolute Gasteiger partial charge is 0.0779 e. The van der Waals surface area contributed by atoms with E-state index >= 15 is 0 Å². The molecule has 0 aliphatic carbocycles. The molecule has 0 aromatic heterocycles. The minimum absolute atomic E-state index is 0.103. The molecule has 1 fully saturated rings. The van der Waals surface area contributed by atoms with Gasteiger partial charge in [-0.15, -0.1) is 0 Å². The average Bonchev–Trinajstić information content (AvgIpc) is 2.49. The van der Waals surface area contributed by atoms with E-state index in [1.807, 2.05) is 25.6 Å². The summed E-state index contributed by atoms with van der Waals surface area (Å²) in [4.78, 5) is 2.33. The molecule has 23 heavy (non-hydrogen) atoms. The zero-order chi connectivity index (χ0) is 17.1. The molecule has 0 saturated carbocycles. The van der Waals surface area contributed by atoms with Crippen molar-refractivity contribution in [3.8, 4) is 0 Å². The van der Waals surface area contributed by atoms with Gasteiger partial charge in [-0.25, -0.2) is 0 Å². The summed E-state index contributed by atoms with van der Waals surface area (Å²) in [6, 6.07) is 0.103. The summed E-state index contributed by atoms with van der Waals surface area (Å²) in [5.74, 6) is 0.918. The van der Waals surface area contributed by atoms with E-state index in [9.17, 15) is 5.11 Å². The van der Waals surface area contributed by atoms with Crippen LogP contribution in [0.3, 0.4) is 0 Å². The van der Waals surface area contributed by atoms with Gasteiger partial charge in [0.05, 0.1) is 45.2 Å². The molecular formula is C17H35NO4S. The number of nitrogens with zero attached hydrogens (tertiary/aromatic N) is 1. The van der Waals surface area contributed by atoms with E-state index < -0.39 is 5.60 Å². The fraction of sp³-hybridized carbons (Fsp3) is 1.00. The average molecular weight is 350 g/mol. The highest BCUT2D eigenvalue weighted by atomic mass is 32.2. The van der Waals surface area contributed by atoms with Crippen LogP contribution in [-0.4, -0.2) is 85.4 Å². The van der Waals surface area contributed by atoms with Crippen molar-refractivity contribution in [2.24, 2.45) is 0 Å². The zero-order valence-corrected chi connectivity index (χ0v) is 16.1. The fourth-order valence-electron chi connectivity index (χ4n) is 2.53. The predicted octanol–water partition coefficient (Wildman–Crippen LogP) is 2.02. The Balaban J connectivity index is 2.71. The Morgan fingerprint density at radius 2 is 1.48 bits per heavy atom. The summed E-state index contributed by atoms with van der Waals surface area (Å²) < 4.78 is 16.7. The molecule has 2 atom stereocenters. The molecule has 1 heterocycles. The number of hydrogen-bond donors (Lipinski definition) is 1.